The number of aromatic hydroxyl groups is 1. The Bertz CT molecular complexity index is 1370. The molecule has 2 N–H and O–H groups in total. The first kappa shape index (κ1) is 22.2. The molecule has 3 aromatic carbocycles. The number of nitrogens with zero attached hydrogens (tertiary/aromatic N) is 3. The summed E-state index contributed by atoms with van der Waals surface area (Å²) in [5, 5.41) is 22.0. The largest absolute Gasteiger partial charge is 0.493 e. The molecular weight excluding hydrogens is 447 g/mol. The number of carbonyl (C=O) groups is 2. The van der Waals surface area contributed by atoms with Gasteiger partial charge in [-0.15, -0.1) is 10.2 Å². The SMILES string of the molecule is O=C(CNC(=O)c1ccc(F)cc1)N=Nc1c(O)n(Cc2ccccc2Cl)c2ccccc12. The molecule has 4 rings (SSSR count). The molecule has 1 aromatic heterocycles. The second-order valence-corrected chi connectivity index (χ2v) is 7.56. The smallest absolute Gasteiger partial charge is 0.283 e. The lowest BCUT2D eigenvalue weighted by Crippen LogP contribution is -2.28. The van der Waals surface area contributed by atoms with E-state index in [0.717, 1.165) is 17.7 Å². The Morgan fingerprint density at radius 1 is 1.00 bits per heavy atom. The van der Waals surface area contributed by atoms with E-state index in [9.17, 15) is 19.1 Å². The highest BCUT2D eigenvalue weighted by Gasteiger charge is 2.18. The Kier molecular flexibility index (Phi) is 6.46. The number of rotatable bonds is 6. The summed E-state index contributed by atoms with van der Waals surface area (Å²) in [7, 11) is 0. The maximum absolute atomic E-state index is 13.0. The lowest BCUT2D eigenvalue weighted by Gasteiger charge is -2.08. The van der Waals surface area contributed by atoms with Gasteiger partial charge in [-0.1, -0.05) is 48.0 Å². The van der Waals surface area contributed by atoms with Crippen molar-refractivity contribution in [2.75, 3.05) is 6.54 Å². The minimum atomic E-state index is -0.715. The molecule has 0 aliphatic carbocycles. The van der Waals surface area contributed by atoms with Gasteiger partial charge in [0, 0.05) is 16.0 Å². The number of para-hydroxylation sites is 1. The van der Waals surface area contributed by atoms with Gasteiger partial charge in [-0.25, -0.2) is 4.39 Å². The Balaban J connectivity index is 1.53. The normalized spacial score (nSPS) is 11.2. The fraction of sp³-hybridized carbons (Fsp3) is 0.0833. The van der Waals surface area contributed by atoms with E-state index in [2.05, 4.69) is 15.5 Å². The summed E-state index contributed by atoms with van der Waals surface area (Å²) in [5.74, 6) is -1.89. The first-order valence-corrected chi connectivity index (χ1v) is 10.3. The number of amides is 2. The van der Waals surface area contributed by atoms with E-state index in [1.54, 1.807) is 22.8 Å². The number of azo groups is 1. The number of hydrogen-bond acceptors (Lipinski definition) is 4. The predicted octanol–water partition coefficient (Wildman–Crippen LogP) is 5.23. The monoisotopic (exact) mass is 464 g/mol. The van der Waals surface area contributed by atoms with Crippen LogP contribution in [0.2, 0.25) is 5.02 Å². The Hall–Kier alpha value is -4.04. The van der Waals surface area contributed by atoms with Gasteiger partial charge in [0.1, 0.15) is 12.4 Å². The Morgan fingerprint density at radius 3 is 2.45 bits per heavy atom. The van der Waals surface area contributed by atoms with Crippen molar-refractivity contribution in [1.29, 1.82) is 0 Å². The van der Waals surface area contributed by atoms with Crippen molar-refractivity contribution < 1.29 is 19.1 Å². The van der Waals surface area contributed by atoms with Crippen LogP contribution in [-0.4, -0.2) is 28.0 Å². The number of carbonyl (C=O) groups excluding carboxylic acids is 2. The van der Waals surface area contributed by atoms with E-state index in [1.807, 2.05) is 30.3 Å². The van der Waals surface area contributed by atoms with E-state index < -0.39 is 24.2 Å². The fourth-order valence-electron chi connectivity index (χ4n) is 3.33. The van der Waals surface area contributed by atoms with Crippen molar-refractivity contribution in [3.8, 4) is 5.88 Å². The standard InChI is InChI=1S/C24H18ClFN4O3/c25-19-7-3-1-5-16(19)14-30-20-8-4-2-6-18(20)22(24(30)33)29-28-21(31)13-27-23(32)15-9-11-17(26)12-10-15/h1-12,33H,13-14H2,(H,27,32). The van der Waals surface area contributed by atoms with Crippen LogP contribution in [0.25, 0.3) is 10.9 Å². The van der Waals surface area contributed by atoms with Gasteiger partial charge in [0.25, 0.3) is 11.8 Å². The molecule has 0 fully saturated rings. The van der Waals surface area contributed by atoms with Gasteiger partial charge in [0.15, 0.2) is 5.69 Å². The first-order chi connectivity index (χ1) is 15.9. The summed E-state index contributed by atoms with van der Waals surface area (Å²) in [6.45, 7) is -0.109. The van der Waals surface area contributed by atoms with Crippen molar-refractivity contribution in [2.24, 2.45) is 10.2 Å². The van der Waals surface area contributed by atoms with Gasteiger partial charge in [-0.3, -0.25) is 9.59 Å². The van der Waals surface area contributed by atoms with Crippen LogP contribution in [-0.2, 0) is 11.3 Å². The first-order valence-electron chi connectivity index (χ1n) is 9.96. The van der Waals surface area contributed by atoms with Crippen LogP contribution in [0.3, 0.4) is 0 Å². The van der Waals surface area contributed by atoms with E-state index in [-0.39, 0.29) is 17.1 Å². The molecule has 0 saturated heterocycles. The van der Waals surface area contributed by atoms with Crippen molar-refractivity contribution in [2.45, 2.75) is 6.54 Å². The van der Waals surface area contributed by atoms with Crippen LogP contribution in [0.4, 0.5) is 10.1 Å². The average molecular weight is 465 g/mol. The van der Waals surface area contributed by atoms with Crippen LogP contribution in [0.5, 0.6) is 5.88 Å². The topological polar surface area (TPSA) is 96.1 Å². The van der Waals surface area contributed by atoms with Crippen LogP contribution in [0.1, 0.15) is 15.9 Å². The number of fused-ring (bicyclic) bond motifs is 1. The lowest BCUT2D eigenvalue weighted by molar-refractivity contribution is -0.117. The van der Waals surface area contributed by atoms with Crippen molar-refractivity contribution >= 4 is 40.0 Å². The molecule has 0 radical (unpaired) electrons. The molecule has 33 heavy (non-hydrogen) atoms. The van der Waals surface area contributed by atoms with Gasteiger partial charge in [-0.2, -0.15) is 0 Å². The highest BCUT2D eigenvalue weighted by Crippen LogP contribution is 2.39. The molecule has 0 spiro atoms. The molecule has 0 unspecified atom stereocenters. The average Bonchev–Trinajstić information content (AvgIpc) is 3.08. The van der Waals surface area contributed by atoms with Gasteiger partial charge in [-0.05, 0) is 42.0 Å². The van der Waals surface area contributed by atoms with Crippen molar-refractivity contribution in [3.05, 3.63) is 94.8 Å². The number of halogens is 2. The van der Waals surface area contributed by atoms with E-state index >= 15 is 0 Å². The number of aromatic nitrogens is 1. The number of benzene rings is 3. The number of nitrogens with one attached hydrogen (secondary N) is 1. The molecular formula is C24H18ClFN4O3. The molecule has 0 aliphatic rings. The summed E-state index contributed by atoms with van der Waals surface area (Å²) in [6.07, 6.45) is 0. The van der Waals surface area contributed by atoms with Gasteiger partial charge in [0.05, 0.1) is 12.1 Å². The van der Waals surface area contributed by atoms with Crippen LogP contribution in [0, 0.1) is 5.82 Å². The molecule has 0 atom stereocenters. The van der Waals surface area contributed by atoms with Crippen LogP contribution in [0.15, 0.2) is 83.0 Å². The summed E-state index contributed by atoms with van der Waals surface area (Å²) in [5.41, 5.74) is 1.84. The highest BCUT2D eigenvalue weighted by atomic mass is 35.5. The van der Waals surface area contributed by atoms with E-state index in [4.69, 9.17) is 11.6 Å². The maximum Gasteiger partial charge on any atom is 0.283 e. The Labute approximate surface area is 193 Å². The third kappa shape index (κ3) is 4.91. The van der Waals surface area contributed by atoms with Crippen molar-refractivity contribution in [3.63, 3.8) is 0 Å². The summed E-state index contributed by atoms with van der Waals surface area (Å²) in [4.78, 5) is 24.2. The van der Waals surface area contributed by atoms with Gasteiger partial charge in [0.2, 0.25) is 5.88 Å². The molecule has 4 aromatic rings. The molecule has 7 nitrogen and oxygen atoms in total. The zero-order chi connectivity index (χ0) is 23.4. The van der Waals surface area contributed by atoms with E-state index in [1.165, 1.54) is 12.1 Å². The number of hydrogen-bond donors (Lipinski definition) is 2. The van der Waals surface area contributed by atoms with Crippen LogP contribution < -0.4 is 5.32 Å². The summed E-state index contributed by atoms with van der Waals surface area (Å²) >= 11 is 6.26. The molecule has 0 bridgehead atoms. The molecule has 9 heteroatoms. The minimum absolute atomic E-state index is 0.135. The minimum Gasteiger partial charge on any atom is -0.493 e. The second-order valence-electron chi connectivity index (χ2n) is 7.15. The van der Waals surface area contributed by atoms with Gasteiger partial charge >= 0.3 is 0 Å². The highest BCUT2D eigenvalue weighted by molar-refractivity contribution is 6.31. The molecule has 0 saturated carbocycles. The molecule has 1 heterocycles. The predicted molar refractivity (Wildman–Crippen MR) is 122 cm³/mol. The third-order valence-corrected chi connectivity index (χ3v) is 5.34. The van der Waals surface area contributed by atoms with Crippen molar-refractivity contribution in [1.82, 2.24) is 9.88 Å². The quantitative estimate of drug-likeness (QED) is 0.382. The Morgan fingerprint density at radius 2 is 1.70 bits per heavy atom. The maximum atomic E-state index is 13.0. The molecule has 0 aliphatic heterocycles. The summed E-state index contributed by atoms with van der Waals surface area (Å²) in [6, 6.07) is 19.4. The van der Waals surface area contributed by atoms with Crippen LogP contribution >= 0.6 is 11.6 Å². The molecule has 166 valence electrons. The fourth-order valence-corrected chi connectivity index (χ4v) is 3.52. The zero-order valence-corrected chi connectivity index (χ0v) is 18.0. The zero-order valence-electron chi connectivity index (χ0n) is 17.2. The van der Waals surface area contributed by atoms with E-state index in [0.29, 0.717) is 22.5 Å². The lowest BCUT2D eigenvalue weighted by atomic mass is 10.2. The van der Waals surface area contributed by atoms with Gasteiger partial charge < -0.3 is 15.0 Å². The molecule has 2 amide bonds. The second kappa shape index (κ2) is 9.62. The third-order valence-electron chi connectivity index (χ3n) is 4.97. The summed E-state index contributed by atoms with van der Waals surface area (Å²) < 4.78 is 14.6.